The molecule has 3 aliphatic heterocycles. The van der Waals surface area contributed by atoms with Crippen molar-refractivity contribution in [3.8, 4) is 0 Å². The Balaban J connectivity index is 1.79. The Kier molecular flexibility index (Phi) is 6.91. The second kappa shape index (κ2) is 10.5. The number of H-pyrrole nitrogens is 2. The molecule has 2 amide bonds. The summed E-state index contributed by atoms with van der Waals surface area (Å²) >= 11 is 0. The number of rotatable bonds is 5. The van der Waals surface area contributed by atoms with Crippen LogP contribution in [-0.4, -0.2) is 44.8 Å². The molecule has 0 spiro atoms. The van der Waals surface area contributed by atoms with Gasteiger partial charge in [-0.1, -0.05) is 26.5 Å². The summed E-state index contributed by atoms with van der Waals surface area (Å²) in [7, 11) is 1.37. The van der Waals surface area contributed by atoms with Gasteiger partial charge < -0.3 is 14.7 Å². The number of fused-ring (bicyclic) bond motifs is 8. The minimum absolute atomic E-state index is 0.116. The van der Waals surface area contributed by atoms with Crippen molar-refractivity contribution in [3.05, 3.63) is 75.4 Å². The Labute approximate surface area is 249 Å². The number of carbonyl (C=O) groups excluding carboxylic acids is 3. The third kappa shape index (κ3) is 4.42. The summed E-state index contributed by atoms with van der Waals surface area (Å²) in [4.78, 5) is 56.0. The van der Waals surface area contributed by atoms with E-state index in [0.29, 0.717) is 34.3 Å². The molecule has 0 radical (unpaired) electrons. The van der Waals surface area contributed by atoms with Crippen molar-refractivity contribution in [1.29, 1.82) is 0 Å². The number of nitrogens with zero attached hydrogens (tertiary/aromatic N) is 2. The van der Waals surface area contributed by atoms with Crippen LogP contribution in [0.2, 0.25) is 0 Å². The van der Waals surface area contributed by atoms with E-state index in [9.17, 15) is 14.4 Å². The normalized spacial score (nSPS) is 17.7. The molecule has 2 atom stereocenters. The van der Waals surface area contributed by atoms with Gasteiger partial charge in [0.1, 0.15) is 0 Å². The van der Waals surface area contributed by atoms with Gasteiger partial charge >= 0.3 is 5.97 Å². The topological polar surface area (TPSA) is 130 Å². The largest absolute Gasteiger partial charge is 0.469 e. The van der Waals surface area contributed by atoms with Crippen LogP contribution in [-0.2, 0) is 9.53 Å². The van der Waals surface area contributed by atoms with E-state index in [2.05, 4.69) is 48.7 Å². The van der Waals surface area contributed by atoms with Crippen LogP contribution in [0.1, 0.15) is 112 Å². The molecule has 3 aromatic heterocycles. The molecule has 3 aromatic rings. The molecule has 43 heavy (non-hydrogen) atoms. The first kappa shape index (κ1) is 28.3. The maximum Gasteiger partial charge on any atom is 0.305 e. The van der Waals surface area contributed by atoms with E-state index < -0.39 is 11.8 Å². The number of aromatic amines is 2. The lowest BCUT2D eigenvalue weighted by Gasteiger charge is -2.19. The number of nitrogens with one attached hydrogen (secondary N) is 3. The van der Waals surface area contributed by atoms with Gasteiger partial charge in [-0.25, -0.2) is 4.98 Å². The first-order valence-corrected chi connectivity index (χ1v) is 14.6. The number of hydrogen-bond donors (Lipinski definition) is 3. The van der Waals surface area contributed by atoms with Crippen LogP contribution in [0, 0.1) is 13.8 Å². The minimum Gasteiger partial charge on any atom is -0.469 e. The van der Waals surface area contributed by atoms with Gasteiger partial charge in [0.25, 0.3) is 11.8 Å². The number of methoxy groups -OCH3 is 1. The monoisotopic (exact) mass is 577 g/mol. The van der Waals surface area contributed by atoms with E-state index >= 15 is 0 Å². The van der Waals surface area contributed by atoms with Gasteiger partial charge in [-0.3, -0.25) is 24.7 Å². The third-order valence-electron chi connectivity index (χ3n) is 9.20. The van der Waals surface area contributed by atoms with Gasteiger partial charge in [-0.15, -0.1) is 0 Å². The molecular formula is C34H35N5O4. The summed E-state index contributed by atoms with van der Waals surface area (Å²) in [5.74, 6) is -1.67. The number of amides is 2. The van der Waals surface area contributed by atoms with Crippen molar-refractivity contribution in [2.45, 2.75) is 65.7 Å². The molecule has 3 N–H and O–H groups in total. The van der Waals surface area contributed by atoms with Crippen molar-refractivity contribution in [2.75, 3.05) is 7.11 Å². The number of imide groups is 1. The second-order valence-corrected chi connectivity index (χ2v) is 11.5. The van der Waals surface area contributed by atoms with Crippen LogP contribution < -0.4 is 5.32 Å². The molecule has 0 aliphatic carbocycles. The average Bonchev–Trinajstić information content (AvgIpc) is 3.65. The summed E-state index contributed by atoms with van der Waals surface area (Å²) in [6.45, 7) is 14.2. The molecule has 0 saturated heterocycles. The molecule has 0 saturated carbocycles. The van der Waals surface area contributed by atoms with Gasteiger partial charge in [0, 0.05) is 46.1 Å². The smallest absolute Gasteiger partial charge is 0.305 e. The zero-order valence-corrected chi connectivity index (χ0v) is 25.3. The number of esters is 1. The lowest BCUT2D eigenvalue weighted by atomic mass is 9.85. The van der Waals surface area contributed by atoms with E-state index in [1.54, 1.807) is 0 Å². The third-order valence-corrected chi connectivity index (χ3v) is 9.20. The SMILES string of the molecule is C=Cc1c(C)c2cc3nc(c4c5[nH]c(cc6nc(cc1[nH]2)C(C)=C6CC)c(C)c5C(=O)NC4=O)[C@@H](CCC(=O)OC)[C@@H]3C. The van der Waals surface area contributed by atoms with Gasteiger partial charge in [-0.05, 0) is 74.1 Å². The molecule has 0 fully saturated rings. The van der Waals surface area contributed by atoms with Crippen molar-refractivity contribution < 1.29 is 19.1 Å². The lowest BCUT2D eigenvalue weighted by molar-refractivity contribution is -0.140. The number of ether oxygens (including phenoxy) is 1. The molecule has 220 valence electrons. The fraction of sp³-hybridized carbons (Fsp3) is 0.324. The molecule has 0 unspecified atom stereocenters. The molecule has 9 heteroatoms. The fourth-order valence-electron chi connectivity index (χ4n) is 6.68. The molecule has 3 aliphatic rings. The zero-order valence-electron chi connectivity index (χ0n) is 25.3. The molecule has 8 bridgehead atoms. The maximum absolute atomic E-state index is 13.6. The highest BCUT2D eigenvalue weighted by molar-refractivity contribution is 6.23. The molecule has 0 aromatic carbocycles. The Hall–Kier alpha value is -4.79. The van der Waals surface area contributed by atoms with Gasteiger partial charge in [-0.2, -0.15) is 0 Å². The van der Waals surface area contributed by atoms with Crippen LogP contribution in [0.3, 0.4) is 0 Å². The number of hydrogen-bond acceptors (Lipinski definition) is 6. The summed E-state index contributed by atoms with van der Waals surface area (Å²) in [6.07, 6.45) is 3.23. The van der Waals surface area contributed by atoms with Crippen LogP contribution >= 0.6 is 0 Å². The number of allylic oxidation sites excluding steroid dienone is 2. The number of carbonyl (C=O) groups is 3. The van der Waals surface area contributed by atoms with Crippen LogP contribution in [0.5, 0.6) is 0 Å². The summed E-state index contributed by atoms with van der Waals surface area (Å²) in [5.41, 5.74) is 11.6. The quantitative estimate of drug-likeness (QED) is 0.230. The number of aryl methyl sites for hydroxylation is 2. The molecular weight excluding hydrogens is 542 g/mol. The van der Waals surface area contributed by atoms with E-state index in [4.69, 9.17) is 14.7 Å². The average molecular weight is 578 g/mol. The Morgan fingerprint density at radius 2 is 1.67 bits per heavy atom. The molecule has 6 rings (SSSR count). The van der Waals surface area contributed by atoms with Crippen molar-refractivity contribution >= 4 is 57.1 Å². The Bertz CT molecular complexity index is 1960. The number of aromatic nitrogens is 4. The van der Waals surface area contributed by atoms with E-state index in [-0.39, 0.29) is 24.2 Å². The maximum atomic E-state index is 13.6. The molecule has 6 heterocycles. The van der Waals surface area contributed by atoms with E-state index in [0.717, 1.165) is 62.4 Å². The fourth-order valence-corrected chi connectivity index (χ4v) is 6.68. The highest BCUT2D eigenvalue weighted by Gasteiger charge is 2.37. The van der Waals surface area contributed by atoms with Crippen LogP contribution in [0.25, 0.3) is 39.3 Å². The van der Waals surface area contributed by atoms with Gasteiger partial charge in [0.15, 0.2) is 0 Å². The van der Waals surface area contributed by atoms with Crippen molar-refractivity contribution in [1.82, 2.24) is 25.3 Å². The highest BCUT2D eigenvalue weighted by atomic mass is 16.5. The van der Waals surface area contributed by atoms with Crippen molar-refractivity contribution in [2.24, 2.45) is 0 Å². The molecule has 9 nitrogen and oxygen atoms in total. The second-order valence-electron chi connectivity index (χ2n) is 11.5. The standard InChI is InChI=1S/C34H35N5O4/c1-8-19-15(3)22-12-24-17(5)21(10-11-28(40)43-7)31(37-24)30-32-29(33(41)39-34(30)42)18(6)25(38-32)14-27-20(9-2)16(4)23(36-27)13-26(19)35-22/h8,12-14,17,21,35,38H,1,9-11H2,2-7H3,(H,39,41,42)/t17-,21-/m0/s1. The first-order valence-electron chi connectivity index (χ1n) is 14.6. The summed E-state index contributed by atoms with van der Waals surface area (Å²) < 4.78 is 4.93. The van der Waals surface area contributed by atoms with Gasteiger partial charge in [0.2, 0.25) is 0 Å². The minimum atomic E-state index is -0.512. The van der Waals surface area contributed by atoms with E-state index in [1.807, 2.05) is 32.1 Å². The summed E-state index contributed by atoms with van der Waals surface area (Å²) in [5, 5.41) is 2.54. The van der Waals surface area contributed by atoms with Gasteiger partial charge in [0.05, 0.1) is 40.8 Å². The zero-order chi connectivity index (χ0) is 30.7. The van der Waals surface area contributed by atoms with Crippen LogP contribution in [0.4, 0.5) is 0 Å². The first-order chi connectivity index (χ1) is 20.6. The highest BCUT2D eigenvalue weighted by Crippen LogP contribution is 2.43. The Morgan fingerprint density at radius 3 is 2.37 bits per heavy atom. The van der Waals surface area contributed by atoms with E-state index in [1.165, 1.54) is 7.11 Å². The predicted molar refractivity (Wildman–Crippen MR) is 168 cm³/mol. The lowest BCUT2D eigenvalue weighted by Crippen LogP contribution is -2.35. The Morgan fingerprint density at radius 1 is 0.977 bits per heavy atom. The summed E-state index contributed by atoms with van der Waals surface area (Å²) in [6, 6.07) is 6.02. The van der Waals surface area contributed by atoms with Crippen molar-refractivity contribution in [3.63, 3.8) is 0 Å². The van der Waals surface area contributed by atoms with Crippen LogP contribution in [0.15, 0.2) is 24.8 Å². The predicted octanol–water partition coefficient (Wildman–Crippen LogP) is 6.64.